The predicted molar refractivity (Wildman–Crippen MR) is 63.3 cm³/mol. The maximum atomic E-state index is 11.7. The highest BCUT2D eigenvalue weighted by molar-refractivity contribution is 9.10. The molecule has 1 aromatic carbocycles. The molecule has 0 unspecified atom stereocenters. The zero-order valence-corrected chi connectivity index (χ0v) is 10.1. The van der Waals surface area contributed by atoms with Gasteiger partial charge in [-0.05, 0) is 25.1 Å². The summed E-state index contributed by atoms with van der Waals surface area (Å²) in [6, 6.07) is 7.30. The molecule has 1 amide bonds. The minimum atomic E-state index is -0.355. The summed E-state index contributed by atoms with van der Waals surface area (Å²) in [5.74, 6) is 0.322. The summed E-state index contributed by atoms with van der Waals surface area (Å²) >= 11 is 3.32. The van der Waals surface area contributed by atoms with Crippen LogP contribution < -0.4 is 5.32 Å². The third kappa shape index (κ3) is 2.49. The average Bonchev–Trinajstić information content (AvgIpc) is 2.65. The monoisotopic (exact) mass is 280 g/mol. The Morgan fingerprint density at radius 3 is 2.94 bits per heavy atom. The molecule has 0 atom stereocenters. The van der Waals surface area contributed by atoms with Crippen LogP contribution in [-0.4, -0.2) is 10.9 Å². The summed E-state index contributed by atoms with van der Waals surface area (Å²) < 4.78 is 6.01. The smallest absolute Gasteiger partial charge is 0.311 e. The Labute approximate surface area is 101 Å². The lowest BCUT2D eigenvalue weighted by molar-refractivity contribution is 0.0989. The number of rotatable bonds is 2. The van der Waals surface area contributed by atoms with E-state index < -0.39 is 0 Å². The second-order valence-electron chi connectivity index (χ2n) is 3.24. The zero-order chi connectivity index (χ0) is 11.5. The maximum absolute atomic E-state index is 11.7. The molecule has 2 aromatic rings. The zero-order valence-electron chi connectivity index (χ0n) is 8.53. The topological polar surface area (TPSA) is 55.1 Å². The molecule has 0 spiro atoms. The summed E-state index contributed by atoms with van der Waals surface area (Å²) in [6.07, 6.45) is 1.51. The molecule has 5 heteroatoms. The van der Waals surface area contributed by atoms with E-state index in [1.165, 1.54) is 6.20 Å². The molecule has 4 nitrogen and oxygen atoms in total. The number of hydrogen-bond donors (Lipinski definition) is 1. The van der Waals surface area contributed by atoms with Crippen molar-refractivity contribution < 1.29 is 9.21 Å². The quantitative estimate of drug-likeness (QED) is 0.920. The predicted octanol–water partition coefficient (Wildman–Crippen LogP) is 3.00. The van der Waals surface area contributed by atoms with Gasteiger partial charge in [-0.3, -0.25) is 4.79 Å². The molecule has 1 heterocycles. The average molecular weight is 281 g/mol. The van der Waals surface area contributed by atoms with Crippen molar-refractivity contribution in [3.8, 4) is 0 Å². The Bertz CT molecular complexity index is 522. The number of aromatic nitrogens is 1. The van der Waals surface area contributed by atoms with E-state index in [0.29, 0.717) is 11.4 Å². The summed E-state index contributed by atoms with van der Waals surface area (Å²) in [5.41, 5.74) is 0.690. The third-order valence-electron chi connectivity index (χ3n) is 1.90. The number of amides is 1. The van der Waals surface area contributed by atoms with Gasteiger partial charge in [0.2, 0.25) is 0 Å². The Balaban J connectivity index is 2.13. The number of carbonyl (C=O) groups excluding carboxylic acids is 1. The Kier molecular flexibility index (Phi) is 3.05. The number of nitrogens with one attached hydrogen (secondary N) is 1. The molecule has 2 rings (SSSR count). The fraction of sp³-hybridized carbons (Fsp3) is 0.0909. The summed E-state index contributed by atoms with van der Waals surface area (Å²) in [6.45, 7) is 1.74. The number of carbonyl (C=O) groups is 1. The minimum absolute atomic E-state index is 0.0671. The number of nitrogens with zero attached hydrogens (tertiary/aromatic N) is 1. The van der Waals surface area contributed by atoms with Crippen LogP contribution in [-0.2, 0) is 0 Å². The van der Waals surface area contributed by atoms with Crippen LogP contribution in [0.4, 0.5) is 5.69 Å². The first kappa shape index (κ1) is 10.9. The number of benzene rings is 1. The molecule has 16 heavy (non-hydrogen) atoms. The van der Waals surface area contributed by atoms with Gasteiger partial charge in [-0.15, -0.1) is 0 Å². The van der Waals surface area contributed by atoms with Gasteiger partial charge in [-0.25, -0.2) is 4.98 Å². The van der Waals surface area contributed by atoms with Crippen molar-refractivity contribution in [2.24, 2.45) is 0 Å². The number of hydrogen-bond acceptors (Lipinski definition) is 3. The van der Waals surface area contributed by atoms with Crippen LogP contribution in [0.25, 0.3) is 0 Å². The lowest BCUT2D eigenvalue weighted by Gasteiger charge is -2.02. The second kappa shape index (κ2) is 4.49. The van der Waals surface area contributed by atoms with Crippen LogP contribution in [0.2, 0.25) is 0 Å². The van der Waals surface area contributed by atoms with Crippen molar-refractivity contribution >= 4 is 27.5 Å². The highest BCUT2D eigenvalue weighted by Gasteiger charge is 2.11. The van der Waals surface area contributed by atoms with Gasteiger partial charge < -0.3 is 9.73 Å². The molecule has 0 fully saturated rings. The van der Waals surface area contributed by atoms with Crippen LogP contribution in [0, 0.1) is 6.92 Å². The normalized spacial score (nSPS) is 10.1. The van der Waals surface area contributed by atoms with E-state index >= 15 is 0 Å². The fourth-order valence-corrected chi connectivity index (χ4v) is 1.61. The van der Waals surface area contributed by atoms with E-state index in [9.17, 15) is 4.79 Å². The lowest BCUT2D eigenvalue weighted by Crippen LogP contribution is -2.11. The van der Waals surface area contributed by atoms with Crippen LogP contribution in [0.15, 0.2) is 39.4 Å². The van der Waals surface area contributed by atoms with Gasteiger partial charge in [0.05, 0.1) is 6.20 Å². The molecule has 0 bridgehead atoms. The van der Waals surface area contributed by atoms with Gasteiger partial charge in [0.1, 0.15) is 5.76 Å². The minimum Gasteiger partial charge on any atom is -0.438 e. The van der Waals surface area contributed by atoms with E-state index in [2.05, 4.69) is 26.2 Å². The Morgan fingerprint density at radius 1 is 1.50 bits per heavy atom. The van der Waals surface area contributed by atoms with Crippen molar-refractivity contribution in [1.29, 1.82) is 0 Å². The molecule has 82 valence electrons. The van der Waals surface area contributed by atoms with Crippen LogP contribution in [0.5, 0.6) is 0 Å². The van der Waals surface area contributed by atoms with Crippen molar-refractivity contribution in [2.75, 3.05) is 5.32 Å². The van der Waals surface area contributed by atoms with Crippen molar-refractivity contribution in [2.45, 2.75) is 6.92 Å². The van der Waals surface area contributed by atoms with Gasteiger partial charge >= 0.3 is 5.91 Å². The van der Waals surface area contributed by atoms with E-state index in [-0.39, 0.29) is 11.8 Å². The van der Waals surface area contributed by atoms with E-state index in [4.69, 9.17) is 4.42 Å². The third-order valence-corrected chi connectivity index (χ3v) is 2.39. The number of halogens is 1. The Morgan fingerprint density at radius 2 is 2.31 bits per heavy atom. The van der Waals surface area contributed by atoms with Gasteiger partial charge in [0, 0.05) is 10.2 Å². The molecule has 0 aliphatic carbocycles. The van der Waals surface area contributed by atoms with Crippen molar-refractivity contribution in [1.82, 2.24) is 4.98 Å². The Hall–Kier alpha value is -1.62. The van der Waals surface area contributed by atoms with E-state index in [1.807, 2.05) is 12.1 Å². The van der Waals surface area contributed by atoms with Gasteiger partial charge in [0.25, 0.3) is 5.89 Å². The number of oxazole rings is 1. The summed E-state index contributed by atoms with van der Waals surface area (Å²) in [7, 11) is 0. The molecular weight excluding hydrogens is 272 g/mol. The highest BCUT2D eigenvalue weighted by Crippen LogP contribution is 2.16. The van der Waals surface area contributed by atoms with E-state index in [0.717, 1.165) is 4.47 Å². The molecule has 0 saturated heterocycles. The molecule has 1 N–H and O–H groups in total. The summed E-state index contributed by atoms with van der Waals surface area (Å²) in [4.78, 5) is 15.5. The molecule has 0 aliphatic heterocycles. The first-order valence-electron chi connectivity index (χ1n) is 4.64. The molecule has 1 aromatic heterocycles. The van der Waals surface area contributed by atoms with Gasteiger partial charge in [-0.1, -0.05) is 22.0 Å². The maximum Gasteiger partial charge on any atom is 0.311 e. The molecule has 0 radical (unpaired) electrons. The van der Waals surface area contributed by atoms with Crippen LogP contribution >= 0.6 is 15.9 Å². The first-order chi connectivity index (χ1) is 7.65. The van der Waals surface area contributed by atoms with Crippen LogP contribution in [0.3, 0.4) is 0 Å². The largest absolute Gasteiger partial charge is 0.438 e. The lowest BCUT2D eigenvalue weighted by atomic mass is 10.3. The van der Waals surface area contributed by atoms with Crippen molar-refractivity contribution in [3.63, 3.8) is 0 Å². The number of aryl methyl sites for hydroxylation is 1. The van der Waals surface area contributed by atoms with E-state index in [1.54, 1.807) is 19.1 Å². The summed E-state index contributed by atoms with van der Waals surface area (Å²) in [5, 5.41) is 2.69. The molecule has 0 aliphatic rings. The second-order valence-corrected chi connectivity index (χ2v) is 4.16. The fourth-order valence-electron chi connectivity index (χ4n) is 1.21. The standard InChI is InChI=1S/C11H9BrN2O2/c1-7-6-13-11(16-7)10(15)14-9-4-2-3-8(12)5-9/h2-6H,1H3,(H,14,15). The van der Waals surface area contributed by atoms with Crippen molar-refractivity contribution in [3.05, 3.63) is 46.6 Å². The first-order valence-corrected chi connectivity index (χ1v) is 5.44. The van der Waals surface area contributed by atoms with Crippen LogP contribution in [0.1, 0.15) is 16.4 Å². The van der Waals surface area contributed by atoms with Gasteiger partial charge in [-0.2, -0.15) is 0 Å². The molecule has 0 saturated carbocycles. The number of anilines is 1. The van der Waals surface area contributed by atoms with Gasteiger partial charge in [0.15, 0.2) is 0 Å². The highest BCUT2D eigenvalue weighted by atomic mass is 79.9. The molecular formula is C11H9BrN2O2. The SMILES string of the molecule is Cc1cnc(C(=O)Nc2cccc(Br)c2)o1.